The van der Waals surface area contributed by atoms with E-state index in [2.05, 4.69) is 26.2 Å². The van der Waals surface area contributed by atoms with Crippen molar-refractivity contribution < 1.29 is 4.79 Å². The lowest BCUT2D eigenvalue weighted by Gasteiger charge is -2.15. The number of allylic oxidation sites excluding steroid dienone is 3. The lowest BCUT2D eigenvalue weighted by atomic mass is 10.1. The first-order chi connectivity index (χ1) is 5.72. The van der Waals surface area contributed by atoms with Gasteiger partial charge in [-0.3, -0.25) is 4.79 Å². The zero-order valence-corrected chi connectivity index (χ0v) is 10.4. The van der Waals surface area contributed by atoms with Crippen molar-refractivity contribution in [3.05, 3.63) is 23.8 Å². The largest absolute Gasteiger partial charge is 0.290 e. The zero-order valence-electron chi connectivity index (χ0n) is 9.40. The Morgan fingerprint density at radius 2 is 1.77 bits per heavy atom. The summed E-state index contributed by atoms with van der Waals surface area (Å²) in [6, 6.07) is 0.898. The third-order valence-electron chi connectivity index (χ3n) is 1.51. The molecule has 0 aromatic carbocycles. The molecule has 0 rings (SSSR count). The molecule has 0 aliphatic carbocycles. The predicted octanol–water partition coefficient (Wildman–Crippen LogP) is 3.42. The lowest BCUT2D eigenvalue weighted by molar-refractivity contribution is -0.111. The Balaban J connectivity index is 4.30. The van der Waals surface area contributed by atoms with E-state index in [1.54, 1.807) is 6.08 Å². The first-order valence-corrected chi connectivity index (χ1v) is 8.30. The molecular weight excluding hydrogens is 176 g/mol. The summed E-state index contributed by atoms with van der Waals surface area (Å²) in [5.41, 5.74) is 1.81. The van der Waals surface area contributed by atoms with Gasteiger partial charge in [0, 0.05) is 8.07 Å². The van der Waals surface area contributed by atoms with Gasteiger partial charge >= 0.3 is 0 Å². The van der Waals surface area contributed by atoms with Gasteiger partial charge in [-0.25, -0.2) is 0 Å². The standard InChI is InChI=1S/C11H20OSi/c1-9(2)7-11(12)10(3)8-13(4,5)6/h7H,3,8H2,1-2,4-6H3. The molecule has 0 fully saturated rings. The van der Waals surface area contributed by atoms with Gasteiger partial charge in [-0.2, -0.15) is 0 Å². The minimum Gasteiger partial charge on any atom is -0.290 e. The topological polar surface area (TPSA) is 17.1 Å². The molecule has 0 aliphatic heterocycles. The monoisotopic (exact) mass is 196 g/mol. The average molecular weight is 196 g/mol. The van der Waals surface area contributed by atoms with Gasteiger partial charge in [-0.05, 0) is 31.5 Å². The molecule has 0 saturated heterocycles. The van der Waals surface area contributed by atoms with Gasteiger partial charge < -0.3 is 0 Å². The molecule has 0 heterocycles. The van der Waals surface area contributed by atoms with E-state index >= 15 is 0 Å². The maximum atomic E-state index is 11.5. The van der Waals surface area contributed by atoms with E-state index in [9.17, 15) is 4.79 Å². The Bertz CT molecular complexity index is 239. The van der Waals surface area contributed by atoms with Crippen molar-refractivity contribution in [1.29, 1.82) is 0 Å². The fourth-order valence-corrected chi connectivity index (χ4v) is 2.55. The van der Waals surface area contributed by atoms with Crippen LogP contribution in [0.15, 0.2) is 23.8 Å². The molecule has 0 unspecified atom stereocenters. The molecule has 13 heavy (non-hydrogen) atoms. The summed E-state index contributed by atoms with van der Waals surface area (Å²) >= 11 is 0. The molecule has 0 bridgehead atoms. The van der Waals surface area contributed by atoms with Gasteiger partial charge in [0.1, 0.15) is 0 Å². The smallest absolute Gasteiger partial charge is 0.180 e. The number of ketones is 1. The second kappa shape index (κ2) is 4.56. The number of carbonyl (C=O) groups is 1. The van der Waals surface area contributed by atoms with Gasteiger partial charge in [0.05, 0.1) is 0 Å². The highest BCUT2D eigenvalue weighted by atomic mass is 28.3. The third kappa shape index (κ3) is 6.52. The van der Waals surface area contributed by atoms with Crippen molar-refractivity contribution in [3.8, 4) is 0 Å². The van der Waals surface area contributed by atoms with Crippen LogP contribution in [0.25, 0.3) is 0 Å². The van der Waals surface area contributed by atoms with Crippen molar-refractivity contribution in [3.63, 3.8) is 0 Å². The van der Waals surface area contributed by atoms with E-state index in [0.29, 0.717) is 0 Å². The summed E-state index contributed by atoms with van der Waals surface area (Å²) in [7, 11) is -1.18. The van der Waals surface area contributed by atoms with E-state index in [4.69, 9.17) is 0 Å². The summed E-state index contributed by atoms with van der Waals surface area (Å²) in [5.74, 6) is 0.0995. The SMILES string of the molecule is C=C(C[Si](C)(C)C)C(=O)C=C(C)C. The van der Waals surface area contributed by atoms with Crippen LogP contribution >= 0.6 is 0 Å². The Morgan fingerprint density at radius 3 is 2.08 bits per heavy atom. The van der Waals surface area contributed by atoms with Gasteiger partial charge in [0.25, 0.3) is 0 Å². The normalized spacial score (nSPS) is 10.8. The van der Waals surface area contributed by atoms with Gasteiger partial charge in [-0.1, -0.05) is 31.8 Å². The molecule has 0 radical (unpaired) electrons. The molecule has 1 nitrogen and oxygen atoms in total. The van der Waals surface area contributed by atoms with Crippen LogP contribution in [0.1, 0.15) is 13.8 Å². The first-order valence-electron chi connectivity index (χ1n) is 4.59. The van der Waals surface area contributed by atoms with E-state index in [0.717, 1.165) is 17.2 Å². The predicted molar refractivity (Wildman–Crippen MR) is 61.7 cm³/mol. The van der Waals surface area contributed by atoms with Gasteiger partial charge in [-0.15, -0.1) is 0 Å². The maximum absolute atomic E-state index is 11.5. The van der Waals surface area contributed by atoms with Crippen LogP contribution < -0.4 is 0 Å². The molecule has 0 saturated carbocycles. The molecule has 0 amide bonds. The summed E-state index contributed by atoms with van der Waals surface area (Å²) < 4.78 is 0. The first kappa shape index (κ1) is 12.4. The minimum absolute atomic E-state index is 0.0995. The van der Waals surface area contributed by atoms with Crippen molar-refractivity contribution >= 4 is 13.9 Å². The molecule has 0 aromatic heterocycles. The molecule has 0 atom stereocenters. The average Bonchev–Trinajstić information content (AvgIpc) is 1.81. The molecule has 0 spiro atoms. The summed E-state index contributed by atoms with van der Waals surface area (Å²) in [6.45, 7) is 14.4. The van der Waals surface area contributed by atoms with Crippen LogP contribution in [0, 0.1) is 0 Å². The second-order valence-corrected chi connectivity index (χ2v) is 10.4. The zero-order chi connectivity index (χ0) is 10.6. The van der Waals surface area contributed by atoms with E-state index in [-0.39, 0.29) is 5.78 Å². The number of carbonyl (C=O) groups excluding carboxylic acids is 1. The highest BCUT2D eigenvalue weighted by Crippen LogP contribution is 2.16. The molecule has 0 N–H and O–H groups in total. The van der Waals surface area contributed by atoms with Crippen LogP contribution in [0.2, 0.25) is 25.7 Å². The minimum atomic E-state index is -1.18. The van der Waals surface area contributed by atoms with E-state index in [1.165, 1.54) is 0 Å². The number of hydrogen-bond donors (Lipinski definition) is 0. The van der Waals surface area contributed by atoms with Crippen LogP contribution in [-0.4, -0.2) is 13.9 Å². The fraction of sp³-hybridized carbons (Fsp3) is 0.545. The molecule has 74 valence electrons. The molecular formula is C11H20OSi. The van der Waals surface area contributed by atoms with Crippen molar-refractivity contribution in [1.82, 2.24) is 0 Å². The summed E-state index contributed by atoms with van der Waals surface area (Å²) in [5, 5.41) is 0. The Kier molecular flexibility index (Phi) is 4.34. The van der Waals surface area contributed by atoms with Crippen LogP contribution in [0.4, 0.5) is 0 Å². The van der Waals surface area contributed by atoms with Crippen molar-refractivity contribution in [2.45, 2.75) is 39.5 Å². The Morgan fingerprint density at radius 1 is 1.31 bits per heavy atom. The van der Waals surface area contributed by atoms with Crippen LogP contribution in [-0.2, 0) is 4.79 Å². The highest BCUT2D eigenvalue weighted by Gasteiger charge is 2.17. The van der Waals surface area contributed by atoms with Crippen molar-refractivity contribution in [2.24, 2.45) is 0 Å². The fourth-order valence-electron chi connectivity index (χ4n) is 1.09. The third-order valence-corrected chi connectivity index (χ3v) is 3.00. The summed E-state index contributed by atoms with van der Waals surface area (Å²) in [4.78, 5) is 11.5. The van der Waals surface area contributed by atoms with Gasteiger partial charge in [0.15, 0.2) is 5.78 Å². The summed E-state index contributed by atoms with van der Waals surface area (Å²) in [6.07, 6.45) is 1.67. The molecule has 0 aliphatic rings. The van der Waals surface area contributed by atoms with Crippen LogP contribution in [0.5, 0.6) is 0 Å². The number of hydrogen-bond acceptors (Lipinski definition) is 1. The lowest BCUT2D eigenvalue weighted by Crippen LogP contribution is -2.21. The Labute approximate surface area is 82.6 Å². The van der Waals surface area contributed by atoms with E-state index in [1.807, 2.05) is 13.8 Å². The Hall–Kier alpha value is -0.633. The van der Waals surface area contributed by atoms with Crippen molar-refractivity contribution in [2.75, 3.05) is 0 Å². The molecule has 0 aromatic rings. The second-order valence-electron chi connectivity index (χ2n) is 4.93. The highest BCUT2D eigenvalue weighted by molar-refractivity contribution is 6.77. The number of rotatable bonds is 4. The quantitative estimate of drug-likeness (QED) is 0.497. The van der Waals surface area contributed by atoms with Gasteiger partial charge in [0.2, 0.25) is 0 Å². The molecule has 2 heteroatoms. The van der Waals surface area contributed by atoms with E-state index < -0.39 is 8.07 Å². The maximum Gasteiger partial charge on any atom is 0.180 e. The van der Waals surface area contributed by atoms with Crippen LogP contribution in [0.3, 0.4) is 0 Å².